The molecule has 5 nitrogen and oxygen atoms in total. The number of rotatable bonds is 4. The first kappa shape index (κ1) is 17.1. The number of carbonyl (C=O) groups excluding carboxylic acids is 1. The summed E-state index contributed by atoms with van der Waals surface area (Å²) in [5, 5.41) is 13.0. The van der Waals surface area contributed by atoms with Gasteiger partial charge < -0.3 is 15.3 Å². The number of carboxylic acids is 1. The molecule has 0 radical (unpaired) electrons. The number of nitrogens with zero attached hydrogens (tertiary/aromatic N) is 1. The molecule has 1 fully saturated rings. The molecule has 1 heterocycles. The summed E-state index contributed by atoms with van der Waals surface area (Å²) in [6, 6.07) is 5.00. The maximum atomic E-state index is 12.3. The molecule has 2 rings (SSSR count). The number of carboxylic acid groups (broad SMARTS) is 1. The molecule has 0 aromatic heterocycles. The summed E-state index contributed by atoms with van der Waals surface area (Å²) < 4.78 is 0. The van der Waals surface area contributed by atoms with Crippen LogP contribution in [0.15, 0.2) is 18.2 Å². The van der Waals surface area contributed by atoms with Crippen LogP contribution in [0.3, 0.4) is 0 Å². The third-order valence-electron chi connectivity index (χ3n) is 4.03. The van der Waals surface area contributed by atoms with Crippen molar-refractivity contribution < 1.29 is 14.7 Å². The Kier molecular flexibility index (Phi) is 5.32. The van der Waals surface area contributed by atoms with E-state index >= 15 is 0 Å². The van der Waals surface area contributed by atoms with E-state index < -0.39 is 11.5 Å². The number of halogens is 2. The van der Waals surface area contributed by atoms with Gasteiger partial charge in [0.2, 0.25) is 5.91 Å². The minimum Gasteiger partial charge on any atom is -0.480 e. The fraction of sp³-hybridized carbons (Fsp3) is 0.467. The van der Waals surface area contributed by atoms with Gasteiger partial charge in [-0.25, -0.2) is 4.79 Å². The fourth-order valence-corrected chi connectivity index (χ4v) is 3.10. The van der Waals surface area contributed by atoms with E-state index in [1.54, 1.807) is 18.2 Å². The second-order valence-corrected chi connectivity index (χ2v) is 6.43. The molecule has 22 heavy (non-hydrogen) atoms. The zero-order valence-corrected chi connectivity index (χ0v) is 13.7. The predicted octanol–water partition coefficient (Wildman–Crippen LogP) is 2.20. The highest BCUT2D eigenvalue weighted by molar-refractivity contribution is 6.36. The van der Waals surface area contributed by atoms with Crippen LogP contribution in [0.2, 0.25) is 10.0 Å². The first-order valence-electron chi connectivity index (χ1n) is 7.00. The van der Waals surface area contributed by atoms with Crippen LogP contribution in [0.1, 0.15) is 18.4 Å². The average Bonchev–Trinajstić information content (AvgIpc) is 2.45. The molecule has 1 amide bonds. The summed E-state index contributed by atoms with van der Waals surface area (Å²) in [5.74, 6) is -1.39. The maximum Gasteiger partial charge on any atom is 0.329 e. The molecule has 120 valence electrons. The van der Waals surface area contributed by atoms with Crippen molar-refractivity contribution in [2.45, 2.75) is 24.8 Å². The molecule has 1 aliphatic rings. The molecule has 7 heteroatoms. The molecule has 0 saturated carbocycles. The molecule has 1 saturated heterocycles. The van der Waals surface area contributed by atoms with Gasteiger partial charge in [0.25, 0.3) is 0 Å². The van der Waals surface area contributed by atoms with Gasteiger partial charge in [-0.3, -0.25) is 4.79 Å². The number of benzene rings is 1. The normalized spacial score (nSPS) is 18.0. The third kappa shape index (κ3) is 3.72. The topological polar surface area (TPSA) is 69.6 Å². The van der Waals surface area contributed by atoms with Gasteiger partial charge in [-0.1, -0.05) is 29.3 Å². The predicted molar refractivity (Wildman–Crippen MR) is 85.4 cm³/mol. The van der Waals surface area contributed by atoms with Crippen molar-refractivity contribution >= 4 is 35.1 Å². The van der Waals surface area contributed by atoms with Crippen molar-refractivity contribution in [3.05, 3.63) is 33.8 Å². The smallest absolute Gasteiger partial charge is 0.329 e. The van der Waals surface area contributed by atoms with Crippen molar-refractivity contribution in [1.82, 2.24) is 10.2 Å². The summed E-state index contributed by atoms with van der Waals surface area (Å²) >= 11 is 12.1. The summed E-state index contributed by atoms with van der Waals surface area (Å²) in [5.41, 5.74) is -0.700. The van der Waals surface area contributed by atoms with Crippen LogP contribution in [-0.2, 0) is 16.0 Å². The molecule has 1 aromatic carbocycles. The lowest BCUT2D eigenvalue weighted by atomic mass is 9.87. The van der Waals surface area contributed by atoms with E-state index in [0.717, 1.165) is 0 Å². The number of likely N-dealkylation sites (tertiary alicyclic amines) is 1. The van der Waals surface area contributed by atoms with Crippen LogP contribution < -0.4 is 5.32 Å². The highest BCUT2D eigenvalue weighted by Crippen LogP contribution is 2.26. The number of amides is 1. The van der Waals surface area contributed by atoms with Crippen LogP contribution in [-0.4, -0.2) is 47.6 Å². The van der Waals surface area contributed by atoms with Gasteiger partial charge in [0.05, 0.1) is 6.42 Å². The van der Waals surface area contributed by atoms with E-state index in [9.17, 15) is 14.7 Å². The van der Waals surface area contributed by atoms with Crippen molar-refractivity contribution in [3.63, 3.8) is 0 Å². The summed E-state index contributed by atoms with van der Waals surface area (Å²) in [4.78, 5) is 25.9. The van der Waals surface area contributed by atoms with Crippen LogP contribution in [0, 0.1) is 0 Å². The second kappa shape index (κ2) is 6.86. The lowest BCUT2D eigenvalue weighted by Gasteiger charge is -2.37. The molecule has 0 bridgehead atoms. The first-order valence-corrected chi connectivity index (χ1v) is 7.75. The Hall–Kier alpha value is -1.30. The molecule has 0 atom stereocenters. The lowest BCUT2D eigenvalue weighted by Crippen LogP contribution is -2.59. The Morgan fingerprint density at radius 1 is 1.27 bits per heavy atom. The zero-order valence-electron chi connectivity index (χ0n) is 12.2. The Balaban J connectivity index is 2.11. The molecular formula is C15H18Cl2N2O3. The van der Waals surface area contributed by atoms with E-state index in [1.165, 1.54) is 0 Å². The van der Waals surface area contributed by atoms with Gasteiger partial charge in [0, 0.05) is 23.1 Å². The van der Waals surface area contributed by atoms with Crippen LogP contribution in [0.5, 0.6) is 0 Å². The highest BCUT2D eigenvalue weighted by atomic mass is 35.5. The number of carbonyl (C=O) groups is 2. The Morgan fingerprint density at radius 3 is 2.32 bits per heavy atom. The van der Waals surface area contributed by atoms with Crippen LogP contribution >= 0.6 is 23.2 Å². The molecular weight excluding hydrogens is 327 g/mol. The van der Waals surface area contributed by atoms with Gasteiger partial charge in [-0.05, 0) is 37.6 Å². The second-order valence-electron chi connectivity index (χ2n) is 5.62. The SMILES string of the molecule is CN1CCC(NC(=O)Cc2c(Cl)cccc2Cl)(C(=O)O)CC1. The zero-order chi connectivity index (χ0) is 16.3. The van der Waals surface area contributed by atoms with Crippen molar-refractivity contribution in [2.75, 3.05) is 20.1 Å². The van der Waals surface area contributed by atoms with Crippen LogP contribution in [0.25, 0.3) is 0 Å². The third-order valence-corrected chi connectivity index (χ3v) is 4.74. The van der Waals surface area contributed by atoms with E-state index in [-0.39, 0.29) is 12.3 Å². The Morgan fingerprint density at radius 2 is 1.82 bits per heavy atom. The Labute approximate surface area is 139 Å². The standard InChI is InChI=1S/C15H18Cl2N2O3/c1-19-7-5-15(6-8-19,14(21)22)18-13(20)9-10-11(16)3-2-4-12(10)17/h2-4H,5-9H2,1H3,(H,18,20)(H,21,22). The lowest BCUT2D eigenvalue weighted by molar-refractivity contribution is -0.149. The van der Waals surface area contributed by atoms with Gasteiger partial charge >= 0.3 is 5.97 Å². The minimum atomic E-state index is -1.21. The number of piperidine rings is 1. The largest absolute Gasteiger partial charge is 0.480 e. The van der Waals surface area contributed by atoms with Crippen LogP contribution in [0.4, 0.5) is 0 Å². The van der Waals surface area contributed by atoms with E-state index in [1.807, 2.05) is 11.9 Å². The fourth-order valence-electron chi connectivity index (χ4n) is 2.57. The van der Waals surface area contributed by atoms with E-state index in [4.69, 9.17) is 23.2 Å². The minimum absolute atomic E-state index is 0.0383. The van der Waals surface area contributed by atoms with Gasteiger partial charge in [-0.2, -0.15) is 0 Å². The maximum absolute atomic E-state index is 12.3. The molecule has 2 N–H and O–H groups in total. The molecule has 1 aromatic rings. The molecule has 0 aliphatic carbocycles. The molecule has 1 aliphatic heterocycles. The summed E-state index contributed by atoms with van der Waals surface area (Å²) in [7, 11) is 1.93. The average molecular weight is 345 g/mol. The number of hydrogen-bond donors (Lipinski definition) is 2. The van der Waals surface area contributed by atoms with Gasteiger partial charge in [0.15, 0.2) is 0 Å². The summed E-state index contributed by atoms with van der Waals surface area (Å²) in [6.07, 6.45) is 0.713. The first-order chi connectivity index (χ1) is 10.3. The monoisotopic (exact) mass is 344 g/mol. The number of nitrogens with one attached hydrogen (secondary N) is 1. The van der Waals surface area contributed by atoms with E-state index in [2.05, 4.69) is 5.32 Å². The van der Waals surface area contributed by atoms with Crippen molar-refractivity contribution in [2.24, 2.45) is 0 Å². The van der Waals surface area contributed by atoms with Crippen molar-refractivity contribution in [3.8, 4) is 0 Å². The van der Waals surface area contributed by atoms with Crippen molar-refractivity contribution in [1.29, 1.82) is 0 Å². The quantitative estimate of drug-likeness (QED) is 0.878. The van der Waals surface area contributed by atoms with Gasteiger partial charge in [0.1, 0.15) is 5.54 Å². The van der Waals surface area contributed by atoms with Gasteiger partial charge in [-0.15, -0.1) is 0 Å². The highest BCUT2D eigenvalue weighted by Gasteiger charge is 2.42. The van der Waals surface area contributed by atoms with E-state index in [0.29, 0.717) is 41.5 Å². The number of aliphatic carboxylic acids is 1. The number of hydrogen-bond acceptors (Lipinski definition) is 3. The summed E-state index contributed by atoms with van der Waals surface area (Å²) in [6.45, 7) is 1.25. The molecule has 0 unspecified atom stereocenters. The molecule has 0 spiro atoms. The Bertz CT molecular complexity index is 564.